The van der Waals surface area contributed by atoms with Gasteiger partial charge in [-0.15, -0.1) is 0 Å². The Kier molecular flexibility index (Phi) is 2.12. The van der Waals surface area contributed by atoms with Gasteiger partial charge >= 0.3 is 0 Å². The molecule has 1 aliphatic heterocycles. The fourth-order valence-corrected chi connectivity index (χ4v) is 1.82. The molecule has 0 saturated heterocycles. The summed E-state index contributed by atoms with van der Waals surface area (Å²) in [5.41, 5.74) is 9.02. The minimum atomic E-state index is 0.00516. The predicted octanol–water partition coefficient (Wildman–Crippen LogP) is 1.13. The molecule has 0 saturated carbocycles. The van der Waals surface area contributed by atoms with E-state index in [1.54, 1.807) is 0 Å². The van der Waals surface area contributed by atoms with Crippen LogP contribution in [0.5, 0.6) is 0 Å². The van der Waals surface area contributed by atoms with Gasteiger partial charge in [0, 0.05) is 12.1 Å². The van der Waals surface area contributed by atoms with Crippen molar-refractivity contribution in [1.82, 2.24) is 9.78 Å². The Morgan fingerprint density at radius 1 is 1.43 bits per heavy atom. The summed E-state index contributed by atoms with van der Waals surface area (Å²) in [7, 11) is 0. The van der Waals surface area contributed by atoms with Crippen molar-refractivity contribution in [2.75, 3.05) is 0 Å². The number of hydrogen-bond acceptors (Lipinski definition) is 3. The van der Waals surface area contributed by atoms with Crippen LogP contribution in [0.4, 0.5) is 0 Å². The lowest BCUT2D eigenvalue weighted by atomic mass is 10.1. The molecule has 0 aliphatic carbocycles. The molecule has 2 rings (SSSR count). The lowest BCUT2D eigenvalue weighted by Gasteiger charge is -2.21. The molecule has 0 fully saturated rings. The Labute approximate surface area is 84.0 Å². The first-order valence-corrected chi connectivity index (χ1v) is 4.92. The van der Waals surface area contributed by atoms with E-state index in [2.05, 4.69) is 25.9 Å². The summed E-state index contributed by atoms with van der Waals surface area (Å²) in [4.78, 5) is 0. The number of aromatic nitrogens is 2. The summed E-state index contributed by atoms with van der Waals surface area (Å²) in [5.74, 6) is 0. The maximum atomic E-state index is 5.65. The van der Waals surface area contributed by atoms with Gasteiger partial charge in [0.1, 0.15) is 0 Å². The lowest BCUT2D eigenvalue weighted by Crippen LogP contribution is -2.25. The molecular weight excluding hydrogens is 178 g/mol. The summed E-state index contributed by atoms with van der Waals surface area (Å²) in [6, 6.07) is 0. The fraction of sp³-hybridized carbons (Fsp3) is 0.700. The molecule has 14 heavy (non-hydrogen) atoms. The van der Waals surface area contributed by atoms with Gasteiger partial charge < -0.3 is 10.5 Å². The number of nitrogens with two attached hydrogens (primary N) is 1. The number of hydrogen-bond donors (Lipinski definition) is 1. The first-order chi connectivity index (χ1) is 6.54. The molecule has 0 amide bonds. The van der Waals surface area contributed by atoms with Gasteiger partial charge in [-0.3, -0.25) is 4.68 Å². The molecule has 0 atom stereocenters. The van der Waals surface area contributed by atoms with Gasteiger partial charge in [0.2, 0.25) is 0 Å². The van der Waals surface area contributed by atoms with Gasteiger partial charge in [0.15, 0.2) is 0 Å². The van der Waals surface area contributed by atoms with Crippen LogP contribution in [0.1, 0.15) is 37.7 Å². The maximum Gasteiger partial charge on any atom is 0.0893 e. The highest BCUT2D eigenvalue weighted by Gasteiger charge is 2.27. The van der Waals surface area contributed by atoms with E-state index in [0.717, 1.165) is 5.69 Å². The van der Waals surface area contributed by atoms with Crippen molar-refractivity contribution >= 4 is 0 Å². The van der Waals surface area contributed by atoms with E-state index in [4.69, 9.17) is 10.5 Å². The van der Waals surface area contributed by atoms with Gasteiger partial charge in [0.05, 0.1) is 30.1 Å². The van der Waals surface area contributed by atoms with Crippen LogP contribution in [0, 0.1) is 0 Å². The topological polar surface area (TPSA) is 53.1 Å². The maximum absolute atomic E-state index is 5.65. The standard InChI is InChI=1S/C10H17N3O/c1-10(2,3)13-9-6-14-5-7(9)8(4-11)12-13/h4-6,11H2,1-3H3. The molecule has 1 aromatic rings. The van der Waals surface area contributed by atoms with E-state index in [0.29, 0.717) is 19.8 Å². The number of nitrogens with zero attached hydrogens (tertiary/aromatic N) is 2. The van der Waals surface area contributed by atoms with Crippen LogP contribution in [0.3, 0.4) is 0 Å². The lowest BCUT2D eigenvalue weighted by molar-refractivity contribution is 0.125. The van der Waals surface area contributed by atoms with Crippen molar-refractivity contribution in [2.24, 2.45) is 5.73 Å². The highest BCUT2D eigenvalue weighted by Crippen LogP contribution is 2.27. The Hall–Kier alpha value is -0.870. The summed E-state index contributed by atoms with van der Waals surface area (Å²) in [6.07, 6.45) is 0. The average Bonchev–Trinajstić information content (AvgIpc) is 2.59. The molecule has 0 bridgehead atoms. The normalized spacial score (nSPS) is 16.0. The molecule has 2 heterocycles. The van der Waals surface area contributed by atoms with E-state index in [9.17, 15) is 0 Å². The van der Waals surface area contributed by atoms with Gasteiger partial charge in [-0.25, -0.2) is 0 Å². The van der Waals surface area contributed by atoms with Crippen LogP contribution < -0.4 is 5.73 Å². The Balaban J connectivity index is 2.52. The molecule has 1 aliphatic rings. The highest BCUT2D eigenvalue weighted by atomic mass is 16.5. The molecule has 0 spiro atoms. The summed E-state index contributed by atoms with van der Waals surface area (Å²) < 4.78 is 7.46. The molecule has 78 valence electrons. The van der Waals surface area contributed by atoms with E-state index in [1.165, 1.54) is 11.3 Å². The fourth-order valence-electron chi connectivity index (χ4n) is 1.82. The molecule has 1 aromatic heterocycles. The van der Waals surface area contributed by atoms with Crippen LogP contribution in [0.15, 0.2) is 0 Å². The van der Waals surface area contributed by atoms with Gasteiger partial charge in [-0.2, -0.15) is 5.10 Å². The second-order valence-corrected chi connectivity index (χ2v) is 4.65. The highest BCUT2D eigenvalue weighted by molar-refractivity contribution is 5.28. The van der Waals surface area contributed by atoms with Crippen molar-refractivity contribution in [3.63, 3.8) is 0 Å². The van der Waals surface area contributed by atoms with Crippen molar-refractivity contribution in [2.45, 2.75) is 46.1 Å². The third-order valence-corrected chi connectivity index (χ3v) is 2.49. The number of rotatable bonds is 1. The summed E-state index contributed by atoms with van der Waals surface area (Å²) >= 11 is 0. The summed E-state index contributed by atoms with van der Waals surface area (Å²) in [5, 5.41) is 4.53. The second kappa shape index (κ2) is 3.07. The zero-order valence-corrected chi connectivity index (χ0v) is 9.00. The van der Waals surface area contributed by atoms with E-state index in [-0.39, 0.29) is 5.54 Å². The van der Waals surface area contributed by atoms with Crippen LogP contribution >= 0.6 is 0 Å². The van der Waals surface area contributed by atoms with Crippen molar-refractivity contribution < 1.29 is 4.74 Å². The third-order valence-electron chi connectivity index (χ3n) is 2.49. The zero-order chi connectivity index (χ0) is 10.3. The van der Waals surface area contributed by atoms with Crippen molar-refractivity contribution in [3.05, 3.63) is 17.0 Å². The molecule has 4 heteroatoms. The zero-order valence-electron chi connectivity index (χ0n) is 9.00. The first-order valence-electron chi connectivity index (χ1n) is 4.92. The minimum absolute atomic E-state index is 0.00516. The van der Waals surface area contributed by atoms with Crippen molar-refractivity contribution in [3.8, 4) is 0 Å². The monoisotopic (exact) mass is 195 g/mol. The van der Waals surface area contributed by atoms with Crippen LogP contribution in [0.2, 0.25) is 0 Å². The second-order valence-electron chi connectivity index (χ2n) is 4.65. The van der Waals surface area contributed by atoms with E-state index < -0.39 is 0 Å². The Morgan fingerprint density at radius 2 is 2.14 bits per heavy atom. The molecule has 0 aromatic carbocycles. The van der Waals surface area contributed by atoms with Crippen molar-refractivity contribution in [1.29, 1.82) is 0 Å². The average molecular weight is 195 g/mol. The van der Waals surface area contributed by atoms with E-state index >= 15 is 0 Å². The third kappa shape index (κ3) is 1.35. The van der Waals surface area contributed by atoms with Crippen LogP contribution in [-0.4, -0.2) is 9.78 Å². The smallest absolute Gasteiger partial charge is 0.0893 e. The molecular formula is C10H17N3O. The Bertz CT molecular complexity index is 349. The Morgan fingerprint density at radius 3 is 2.71 bits per heavy atom. The van der Waals surface area contributed by atoms with E-state index in [1.807, 2.05) is 4.68 Å². The van der Waals surface area contributed by atoms with Crippen LogP contribution in [-0.2, 0) is 30.0 Å². The largest absolute Gasteiger partial charge is 0.370 e. The molecule has 4 nitrogen and oxygen atoms in total. The number of fused-ring (bicyclic) bond motifs is 1. The summed E-state index contributed by atoms with van der Waals surface area (Å²) in [6.45, 7) is 8.24. The first kappa shape index (κ1) is 9.68. The minimum Gasteiger partial charge on any atom is -0.370 e. The van der Waals surface area contributed by atoms with Gasteiger partial charge in [-0.1, -0.05) is 0 Å². The predicted molar refractivity (Wildman–Crippen MR) is 53.6 cm³/mol. The molecule has 0 radical (unpaired) electrons. The molecule has 0 unspecified atom stereocenters. The SMILES string of the molecule is CC(C)(C)n1nc(CN)c2c1COC2. The van der Waals surface area contributed by atoms with Crippen LogP contribution in [0.25, 0.3) is 0 Å². The quantitative estimate of drug-likeness (QED) is 0.730. The van der Waals surface area contributed by atoms with Gasteiger partial charge in [-0.05, 0) is 20.8 Å². The van der Waals surface area contributed by atoms with Gasteiger partial charge in [0.25, 0.3) is 0 Å². The molecule has 2 N–H and O–H groups in total. The number of ether oxygens (including phenoxy) is 1.